The molecule has 2 aromatic rings. The molecule has 0 saturated carbocycles. The largest absolute Gasteiger partial charge is 0.477 e. The van der Waals surface area contributed by atoms with E-state index in [0.29, 0.717) is 13.0 Å². The maximum atomic E-state index is 14.8. The number of pyridine rings is 2. The lowest BCUT2D eigenvalue weighted by Crippen LogP contribution is -2.34. The molecular formula is C18H22F2N4O3. The molecule has 3 N–H and O–H groups in total. The number of carboxylic acid groups (broad SMARTS) is 1. The third kappa shape index (κ3) is 3.16. The van der Waals surface area contributed by atoms with Crippen LogP contribution in [0.3, 0.4) is 0 Å². The van der Waals surface area contributed by atoms with E-state index in [1.165, 1.54) is 4.57 Å². The number of aromatic carboxylic acids is 1. The number of aromatic nitrogens is 2. The van der Waals surface area contributed by atoms with Gasteiger partial charge in [-0.1, -0.05) is 0 Å². The molecule has 9 heteroatoms. The van der Waals surface area contributed by atoms with Crippen LogP contribution < -0.4 is 16.1 Å². The summed E-state index contributed by atoms with van der Waals surface area (Å²) in [6.45, 7) is 4.55. The molecule has 2 atom stereocenters. The Hall–Kier alpha value is -2.55. The van der Waals surface area contributed by atoms with Crippen LogP contribution in [-0.4, -0.2) is 45.9 Å². The topological polar surface area (TPSA) is 101 Å². The maximum absolute atomic E-state index is 14.8. The van der Waals surface area contributed by atoms with Crippen LogP contribution in [0.15, 0.2) is 17.1 Å². The Morgan fingerprint density at radius 1 is 1.48 bits per heavy atom. The molecule has 0 unspecified atom stereocenters. The Morgan fingerprint density at radius 3 is 2.67 bits per heavy atom. The Balaban J connectivity index is 2.35. The van der Waals surface area contributed by atoms with Crippen LogP contribution in [-0.2, 0) is 5.54 Å². The summed E-state index contributed by atoms with van der Waals surface area (Å²) in [6, 6.07) is 0.802. The Bertz CT molecular complexity index is 973. The fraction of sp³-hybridized carbons (Fsp3) is 0.500. The van der Waals surface area contributed by atoms with Gasteiger partial charge < -0.3 is 20.3 Å². The maximum Gasteiger partial charge on any atom is 0.341 e. The molecule has 7 nitrogen and oxygen atoms in total. The van der Waals surface area contributed by atoms with E-state index in [0.717, 1.165) is 12.3 Å². The molecule has 0 amide bonds. The van der Waals surface area contributed by atoms with E-state index >= 15 is 0 Å². The number of carboxylic acids is 1. The van der Waals surface area contributed by atoms with Gasteiger partial charge in [0, 0.05) is 24.8 Å². The first-order valence-electron chi connectivity index (χ1n) is 8.64. The van der Waals surface area contributed by atoms with Gasteiger partial charge in [0.2, 0.25) is 5.43 Å². The summed E-state index contributed by atoms with van der Waals surface area (Å²) in [7, 11) is 0. The highest BCUT2D eigenvalue weighted by Crippen LogP contribution is 2.29. The molecule has 146 valence electrons. The van der Waals surface area contributed by atoms with Crippen molar-refractivity contribution < 1.29 is 18.7 Å². The Kier molecular flexibility index (Phi) is 4.67. The standard InChI is InChI=1S/C18H22F2N4O3/c1-9-4-10(21)6-23(9)16-13(20)5-11-14(25)12(17(26)27)7-24(15(11)22-16)18(2,3)8-19/h5,7,9-10H,4,6,8,21H2,1-3H3,(H,26,27)/t9-,10-/m0/s1. The zero-order chi connectivity index (χ0) is 20.1. The monoisotopic (exact) mass is 380 g/mol. The van der Waals surface area contributed by atoms with Gasteiger partial charge in [-0.15, -0.1) is 0 Å². The molecule has 1 fully saturated rings. The van der Waals surface area contributed by atoms with Gasteiger partial charge >= 0.3 is 5.97 Å². The number of nitrogens with two attached hydrogens (primary N) is 1. The first-order chi connectivity index (χ1) is 12.6. The number of halogens is 2. The van der Waals surface area contributed by atoms with Crippen LogP contribution >= 0.6 is 0 Å². The number of carbonyl (C=O) groups is 1. The molecule has 0 bridgehead atoms. The van der Waals surface area contributed by atoms with E-state index in [4.69, 9.17) is 5.73 Å². The van der Waals surface area contributed by atoms with Gasteiger partial charge in [-0.25, -0.2) is 18.6 Å². The smallest absolute Gasteiger partial charge is 0.341 e. The van der Waals surface area contributed by atoms with E-state index in [9.17, 15) is 23.5 Å². The predicted octanol–water partition coefficient (Wildman–Crippen LogP) is 1.86. The van der Waals surface area contributed by atoms with Crippen molar-refractivity contribution in [1.29, 1.82) is 0 Å². The van der Waals surface area contributed by atoms with Gasteiger partial charge in [0.05, 0.1) is 10.9 Å². The fourth-order valence-electron chi connectivity index (χ4n) is 3.46. The van der Waals surface area contributed by atoms with Crippen LogP contribution in [0.4, 0.5) is 14.6 Å². The Morgan fingerprint density at radius 2 is 2.15 bits per heavy atom. The van der Waals surface area contributed by atoms with Crippen molar-refractivity contribution in [2.24, 2.45) is 5.73 Å². The predicted molar refractivity (Wildman–Crippen MR) is 97.6 cm³/mol. The first-order valence-corrected chi connectivity index (χ1v) is 8.64. The van der Waals surface area contributed by atoms with Gasteiger partial charge in [0.1, 0.15) is 17.9 Å². The summed E-state index contributed by atoms with van der Waals surface area (Å²) in [6.07, 6.45) is 1.74. The van der Waals surface area contributed by atoms with Gasteiger partial charge in [-0.3, -0.25) is 4.79 Å². The van der Waals surface area contributed by atoms with Gasteiger partial charge in [0.25, 0.3) is 0 Å². The van der Waals surface area contributed by atoms with Crippen molar-refractivity contribution in [1.82, 2.24) is 9.55 Å². The Labute approximate surface area is 154 Å². The van der Waals surface area contributed by atoms with Crippen molar-refractivity contribution >= 4 is 22.8 Å². The highest BCUT2D eigenvalue weighted by atomic mass is 19.1. The molecule has 0 radical (unpaired) electrons. The van der Waals surface area contributed by atoms with Crippen LogP contribution in [0.2, 0.25) is 0 Å². The average Bonchev–Trinajstić information content (AvgIpc) is 2.92. The van der Waals surface area contributed by atoms with Gasteiger partial charge in [0.15, 0.2) is 11.6 Å². The minimum absolute atomic E-state index is 0.0221. The summed E-state index contributed by atoms with van der Waals surface area (Å²) in [5.74, 6) is -2.18. The van der Waals surface area contributed by atoms with E-state index in [1.807, 2.05) is 6.92 Å². The lowest BCUT2D eigenvalue weighted by atomic mass is 10.1. The zero-order valence-corrected chi connectivity index (χ0v) is 15.4. The van der Waals surface area contributed by atoms with Gasteiger partial charge in [-0.05, 0) is 33.3 Å². The minimum Gasteiger partial charge on any atom is -0.477 e. The summed E-state index contributed by atoms with van der Waals surface area (Å²) in [4.78, 5) is 30.0. The van der Waals surface area contributed by atoms with E-state index in [1.54, 1.807) is 18.7 Å². The number of alkyl halides is 1. The number of fused-ring (bicyclic) bond motifs is 1. The number of hydrogen-bond donors (Lipinski definition) is 2. The van der Waals surface area contributed by atoms with Crippen LogP contribution in [0, 0.1) is 5.82 Å². The second kappa shape index (κ2) is 6.56. The van der Waals surface area contributed by atoms with E-state index in [-0.39, 0.29) is 28.9 Å². The van der Waals surface area contributed by atoms with E-state index < -0.39 is 35.0 Å². The summed E-state index contributed by atoms with van der Waals surface area (Å²) in [5, 5.41) is 9.10. The third-order valence-electron chi connectivity index (χ3n) is 5.00. The third-order valence-corrected chi connectivity index (χ3v) is 5.00. The molecule has 3 rings (SSSR count). The second-order valence-electron chi connectivity index (χ2n) is 7.66. The average molecular weight is 380 g/mol. The van der Waals surface area contributed by atoms with Crippen molar-refractivity contribution in [2.75, 3.05) is 18.1 Å². The highest BCUT2D eigenvalue weighted by Gasteiger charge is 2.32. The molecule has 2 aromatic heterocycles. The molecule has 1 saturated heterocycles. The van der Waals surface area contributed by atoms with Crippen LogP contribution in [0.25, 0.3) is 11.0 Å². The molecule has 0 spiro atoms. The fourth-order valence-corrected chi connectivity index (χ4v) is 3.46. The first kappa shape index (κ1) is 19.2. The lowest BCUT2D eigenvalue weighted by molar-refractivity contribution is 0.0694. The SMILES string of the molecule is C[C@H]1C[C@H](N)CN1c1nc2c(cc1F)c(=O)c(C(=O)O)cn2C(C)(C)CF. The second-order valence-corrected chi connectivity index (χ2v) is 7.66. The quantitative estimate of drug-likeness (QED) is 0.840. The molecule has 27 heavy (non-hydrogen) atoms. The summed E-state index contributed by atoms with van der Waals surface area (Å²) < 4.78 is 29.7. The van der Waals surface area contributed by atoms with Crippen LogP contribution in [0.1, 0.15) is 37.6 Å². The molecule has 1 aliphatic rings. The lowest BCUT2D eigenvalue weighted by Gasteiger charge is -2.28. The van der Waals surface area contributed by atoms with E-state index in [2.05, 4.69) is 4.98 Å². The molecule has 3 heterocycles. The summed E-state index contributed by atoms with van der Waals surface area (Å²) in [5.41, 5.74) is 3.40. The molecular weight excluding hydrogens is 358 g/mol. The number of hydrogen-bond acceptors (Lipinski definition) is 5. The molecule has 0 aliphatic carbocycles. The van der Waals surface area contributed by atoms with Crippen molar-refractivity contribution in [2.45, 2.75) is 44.8 Å². The van der Waals surface area contributed by atoms with Crippen LogP contribution in [0.5, 0.6) is 0 Å². The zero-order valence-electron chi connectivity index (χ0n) is 15.4. The van der Waals surface area contributed by atoms with Crippen molar-refractivity contribution in [3.05, 3.63) is 33.9 Å². The van der Waals surface area contributed by atoms with Crippen molar-refractivity contribution in [3.63, 3.8) is 0 Å². The number of rotatable bonds is 4. The minimum atomic E-state index is -1.46. The van der Waals surface area contributed by atoms with Gasteiger partial charge in [-0.2, -0.15) is 0 Å². The normalized spacial score (nSPS) is 20.4. The molecule has 0 aromatic carbocycles. The highest BCUT2D eigenvalue weighted by molar-refractivity contribution is 5.92. The summed E-state index contributed by atoms with van der Waals surface area (Å²) >= 11 is 0. The number of anilines is 1. The molecule has 1 aliphatic heterocycles. The number of nitrogens with zero attached hydrogens (tertiary/aromatic N) is 3. The van der Waals surface area contributed by atoms with Crippen molar-refractivity contribution in [3.8, 4) is 0 Å².